The summed E-state index contributed by atoms with van der Waals surface area (Å²) < 4.78 is 0. The van der Waals surface area contributed by atoms with Crippen molar-refractivity contribution >= 4 is 11.3 Å². The molecule has 1 heterocycles. The fourth-order valence-corrected chi connectivity index (χ4v) is 4.24. The summed E-state index contributed by atoms with van der Waals surface area (Å²) in [6.07, 6.45) is 7.05. The lowest BCUT2D eigenvalue weighted by Crippen LogP contribution is -2.46. The lowest BCUT2D eigenvalue weighted by molar-refractivity contribution is 0.0994. The Labute approximate surface area is 134 Å². The molecule has 1 N–H and O–H groups in total. The van der Waals surface area contributed by atoms with Crippen LogP contribution in [0.5, 0.6) is 0 Å². The van der Waals surface area contributed by atoms with E-state index >= 15 is 0 Å². The van der Waals surface area contributed by atoms with Gasteiger partial charge in [-0.1, -0.05) is 46.1 Å². The standard InChI is InChI=1S/C18H32N2S/c1-4-20(13-17-9-8-12-21-17)15-18(14-19-16(2)3)10-6-5-7-11-18/h8-9,12,16,19H,4-7,10-11,13-15H2,1-3H3. The molecule has 21 heavy (non-hydrogen) atoms. The van der Waals surface area contributed by atoms with E-state index in [-0.39, 0.29) is 0 Å². The van der Waals surface area contributed by atoms with Gasteiger partial charge in [0.15, 0.2) is 0 Å². The van der Waals surface area contributed by atoms with Crippen LogP contribution in [0.4, 0.5) is 0 Å². The molecule has 1 aromatic heterocycles. The molecule has 0 unspecified atom stereocenters. The molecular formula is C18H32N2S. The van der Waals surface area contributed by atoms with Gasteiger partial charge in [-0.3, -0.25) is 4.90 Å². The summed E-state index contributed by atoms with van der Waals surface area (Å²) in [5.74, 6) is 0. The normalized spacial score (nSPS) is 18.5. The monoisotopic (exact) mass is 308 g/mol. The number of thiophene rings is 1. The number of nitrogens with zero attached hydrogens (tertiary/aromatic N) is 1. The maximum Gasteiger partial charge on any atom is 0.0328 e. The van der Waals surface area contributed by atoms with E-state index in [4.69, 9.17) is 0 Å². The molecule has 0 radical (unpaired) electrons. The Morgan fingerprint density at radius 2 is 2.05 bits per heavy atom. The van der Waals surface area contributed by atoms with E-state index in [1.54, 1.807) is 0 Å². The summed E-state index contributed by atoms with van der Waals surface area (Å²) >= 11 is 1.89. The second-order valence-electron chi connectivity index (χ2n) is 6.98. The van der Waals surface area contributed by atoms with Gasteiger partial charge in [0.1, 0.15) is 0 Å². The molecule has 1 aliphatic carbocycles. The summed E-state index contributed by atoms with van der Waals surface area (Å²) in [4.78, 5) is 4.15. The topological polar surface area (TPSA) is 15.3 Å². The molecule has 120 valence electrons. The molecule has 1 aliphatic rings. The van der Waals surface area contributed by atoms with Gasteiger partial charge >= 0.3 is 0 Å². The van der Waals surface area contributed by atoms with Crippen LogP contribution >= 0.6 is 11.3 Å². The lowest BCUT2D eigenvalue weighted by atomic mass is 9.73. The van der Waals surface area contributed by atoms with Gasteiger partial charge in [-0.2, -0.15) is 0 Å². The molecule has 0 aliphatic heterocycles. The van der Waals surface area contributed by atoms with E-state index in [0.29, 0.717) is 11.5 Å². The van der Waals surface area contributed by atoms with E-state index in [1.807, 2.05) is 11.3 Å². The van der Waals surface area contributed by atoms with Gasteiger partial charge in [0, 0.05) is 30.6 Å². The van der Waals surface area contributed by atoms with Crippen molar-refractivity contribution < 1.29 is 0 Å². The van der Waals surface area contributed by atoms with E-state index < -0.39 is 0 Å². The highest BCUT2D eigenvalue weighted by molar-refractivity contribution is 7.09. The Kier molecular flexibility index (Phi) is 6.72. The molecule has 0 bridgehead atoms. The quantitative estimate of drug-likeness (QED) is 0.759. The zero-order valence-electron chi connectivity index (χ0n) is 14.0. The van der Waals surface area contributed by atoms with E-state index in [0.717, 1.165) is 13.1 Å². The summed E-state index contributed by atoms with van der Waals surface area (Å²) in [5.41, 5.74) is 0.496. The molecule has 0 saturated heterocycles. The lowest BCUT2D eigenvalue weighted by Gasteiger charge is -2.41. The van der Waals surface area contributed by atoms with Crippen molar-refractivity contribution in [1.29, 1.82) is 0 Å². The molecular weight excluding hydrogens is 276 g/mol. The minimum atomic E-state index is 0.496. The van der Waals surface area contributed by atoms with E-state index in [1.165, 1.54) is 50.1 Å². The molecule has 0 atom stereocenters. The minimum Gasteiger partial charge on any atom is -0.314 e. The van der Waals surface area contributed by atoms with Crippen LogP contribution < -0.4 is 5.32 Å². The number of hydrogen-bond donors (Lipinski definition) is 1. The largest absolute Gasteiger partial charge is 0.314 e. The van der Waals surface area contributed by atoms with Crippen molar-refractivity contribution in [2.45, 2.75) is 65.5 Å². The number of rotatable bonds is 8. The molecule has 2 nitrogen and oxygen atoms in total. The molecule has 0 amide bonds. The minimum absolute atomic E-state index is 0.496. The van der Waals surface area contributed by atoms with Crippen LogP contribution in [-0.2, 0) is 6.54 Å². The highest BCUT2D eigenvalue weighted by atomic mass is 32.1. The predicted octanol–water partition coefficient (Wildman–Crippen LogP) is 4.52. The Morgan fingerprint density at radius 3 is 2.62 bits per heavy atom. The summed E-state index contributed by atoms with van der Waals surface area (Å²) in [6, 6.07) is 5.04. The second-order valence-corrected chi connectivity index (χ2v) is 8.01. The van der Waals surface area contributed by atoms with Crippen LogP contribution in [-0.4, -0.2) is 30.6 Å². The Hall–Kier alpha value is -0.380. The second kappa shape index (κ2) is 8.30. The number of hydrogen-bond acceptors (Lipinski definition) is 3. The van der Waals surface area contributed by atoms with Gasteiger partial charge in [0.05, 0.1) is 0 Å². The fourth-order valence-electron chi connectivity index (χ4n) is 3.49. The molecule has 2 rings (SSSR count). The highest BCUT2D eigenvalue weighted by Gasteiger charge is 2.33. The molecule has 0 spiro atoms. The van der Waals surface area contributed by atoms with E-state index in [9.17, 15) is 0 Å². The molecule has 0 aromatic carbocycles. The van der Waals surface area contributed by atoms with Gasteiger partial charge < -0.3 is 5.32 Å². The van der Waals surface area contributed by atoms with Crippen molar-refractivity contribution in [2.75, 3.05) is 19.6 Å². The van der Waals surface area contributed by atoms with Crippen LogP contribution in [0.2, 0.25) is 0 Å². The first-order chi connectivity index (χ1) is 10.1. The van der Waals surface area contributed by atoms with E-state index in [2.05, 4.69) is 48.5 Å². The zero-order chi connectivity index (χ0) is 15.1. The first-order valence-corrected chi connectivity index (χ1v) is 9.50. The summed E-state index contributed by atoms with van der Waals surface area (Å²) in [5, 5.41) is 5.91. The fraction of sp³-hybridized carbons (Fsp3) is 0.778. The Morgan fingerprint density at radius 1 is 1.29 bits per heavy atom. The van der Waals surface area contributed by atoms with Gasteiger partial charge in [0.25, 0.3) is 0 Å². The third-order valence-corrected chi connectivity index (χ3v) is 5.63. The molecule has 1 saturated carbocycles. The maximum absolute atomic E-state index is 3.72. The van der Waals surface area contributed by atoms with Crippen LogP contribution in [0.3, 0.4) is 0 Å². The first kappa shape index (κ1) is 17.0. The van der Waals surface area contributed by atoms with Crippen molar-refractivity contribution in [3.05, 3.63) is 22.4 Å². The predicted molar refractivity (Wildman–Crippen MR) is 93.9 cm³/mol. The third kappa shape index (κ3) is 5.39. The van der Waals surface area contributed by atoms with Crippen molar-refractivity contribution in [2.24, 2.45) is 5.41 Å². The molecule has 1 aromatic rings. The van der Waals surface area contributed by atoms with Gasteiger partial charge in [-0.25, -0.2) is 0 Å². The third-order valence-electron chi connectivity index (χ3n) is 4.77. The molecule has 1 fully saturated rings. The first-order valence-electron chi connectivity index (χ1n) is 8.62. The van der Waals surface area contributed by atoms with Crippen LogP contribution in [0.25, 0.3) is 0 Å². The Balaban J connectivity index is 1.98. The maximum atomic E-state index is 3.72. The van der Waals surface area contributed by atoms with Crippen LogP contribution in [0.15, 0.2) is 17.5 Å². The Bertz CT molecular complexity index is 380. The van der Waals surface area contributed by atoms with Crippen molar-refractivity contribution in [3.63, 3.8) is 0 Å². The van der Waals surface area contributed by atoms with Gasteiger partial charge in [-0.15, -0.1) is 11.3 Å². The highest BCUT2D eigenvalue weighted by Crippen LogP contribution is 2.37. The summed E-state index contributed by atoms with van der Waals surface area (Å²) in [6.45, 7) is 11.5. The van der Waals surface area contributed by atoms with Crippen molar-refractivity contribution in [1.82, 2.24) is 10.2 Å². The molecule has 3 heteroatoms. The van der Waals surface area contributed by atoms with Crippen LogP contribution in [0.1, 0.15) is 57.8 Å². The van der Waals surface area contributed by atoms with Crippen molar-refractivity contribution in [3.8, 4) is 0 Å². The number of nitrogens with one attached hydrogen (secondary N) is 1. The zero-order valence-corrected chi connectivity index (χ0v) is 14.8. The summed E-state index contributed by atoms with van der Waals surface area (Å²) in [7, 11) is 0. The average Bonchev–Trinajstić information content (AvgIpc) is 2.98. The van der Waals surface area contributed by atoms with Crippen LogP contribution in [0, 0.1) is 5.41 Å². The van der Waals surface area contributed by atoms with Gasteiger partial charge in [-0.05, 0) is 36.2 Å². The smallest absolute Gasteiger partial charge is 0.0328 e. The average molecular weight is 309 g/mol. The SMILES string of the molecule is CCN(Cc1cccs1)CC1(CNC(C)C)CCCCC1. The van der Waals surface area contributed by atoms with Gasteiger partial charge in [0.2, 0.25) is 0 Å².